The number of H-pyrrole nitrogens is 1. The van der Waals surface area contributed by atoms with Crippen LogP contribution in [0.1, 0.15) is 62.5 Å². The Morgan fingerprint density at radius 3 is 2.68 bits per heavy atom. The van der Waals surface area contributed by atoms with Gasteiger partial charge in [-0.1, -0.05) is 37.1 Å². The van der Waals surface area contributed by atoms with Crippen LogP contribution in [0.3, 0.4) is 0 Å². The van der Waals surface area contributed by atoms with Crippen LogP contribution in [-0.4, -0.2) is 41.2 Å². The molecule has 2 aromatic carbocycles. The van der Waals surface area contributed by atoms with E-state index in [-0.39, 0.29) is 5.41 Å². The fraction of sp³-hybridized carbons (Fsp3) is 0.517. The maximum atomic E-state index is 14.3. The van der Waals surface area contributed by atoms with Crippen molar-refractivity contribution >= 4 is 16.8 Å². The van der Waals surface area contributed by atoms with E-state index in [0.717, 1.165) is 50.0 Å². The third-order valence-corrected chi connectivity index (χ3v) is 8.96. The van der Waals surface area contributed by atoms with Crippen molar-refractivity contribution in [1.29, 1.82) is 0 Å². The molecule has 5 heteroatoms. The van der Waals surface area contributed by atoms with Gasteiger partial charge in [-0.3, -0.25) is 9.89 Å². The summed E-state index contributed by atoms with van der Waals surface area (Å²) < 4.78 is 5.39. The SMILES string of the molecule is COc1ccc(C2(C(=O)N3CCCCC(Cc4cccc5[nH]ncc45)C3)CC3(CCC3)C2)cc1. The van der Waals surface area contributed by atoms with E-state index in [1.165, 1.54) is 48.6 Å². The summed E-state index contributed by atoms with van der Waals surface area (Å²) in [5, 5.41) is 8.55. The normalized spacial score (nSPS) is 23.2. The number of ether oxygens (including phenoxy) is 1. The highest BCUT2D eigenvalue weighted by atomic mass is 16.5. The molecule has 1 spiro atoms. The number of aromatic nitrogens is 2. The summed E-state index contributed by atoms with van der Waals surface area (Å²) >= 11 is 0. The zero-order chi connectivity index (χ0) is 23.2. The second-order valence-electron chi connectivity index (χ2n) is 11.1. The number of likely N-dealkylation sites (tertiary alicyclic amines) is 1. The topological polar surface area (TPSA) is 58.2 Å². The fourth-order valence-corrected chi connectivity index (χ4v) is 7.05. The molecule has 1 aliphatic heterocycles. The third kappa shape index (κ3) is 3.60. The molecule has 5 nitrogen and oxygen atoms in total. The van der Waals surface area contributed by atoms with Gasteiger partial charge in [0.25, 0.3) is 0 Å². The number of carbonyl (C=O) groups excluding carboxylic acids is 1. The van der Waals surface area contributed by atoms with Gasteiger partial charge in [0.1, 0.15) is 5.75 Å². The van der Waals surface area contributed by atoms with Crippen molar-refractivity contribution in [2.75, 3.05) is 20.2 Å². The number of hydrogen-bond donors (Lipinski definition) is 1. The second kappa shape index (κ2) is 8.44. The Kier molecular flexibility index (Phi) is 5.39. The summed E-state index contributed by atoms with van der Waals surface area (Å²) in [6, 6.07) is 14.7. The van der Waals surface area contributed by atoms with Gasteiger partial charge in [0, 0.05) is 18.5 Å². The first-order valence-corrected chi connectivity index (χ1v) is 13.0. The zero-order valence-electron chi connectivity index (χ0n) is 20.2. The lowest BCUT2D eigenvalue weighted by molar-refractivity contribution is -0.153. The van der Waals surface area contributed by atoms with Crippen LogP contribution in [0.25, 0.3) is 10.9 Å². The summed E-state index contributed by atoms with van der Waals surface area (Å²) in [6.07, 6.45) is 12.3. The van der Waals surface area contributed by atoms with Crippen LogP contribution in [0.4, 0.5) is 0 Å². The Hall–Kier alpha value is -2.82. The van der Waals surface area contributed by atoms with Gasteiger partial charge in [0.15, 0.2) is 0 Å². The van der Waals surface area contributed by atoms with Crippen molar-refractivity contribution in [1.82, 2.24) is 15.1 Å². The number of fused-ring (bicyclic) bond motifs is 1. The number of rotatable bonds is 5. The van der Waals surface area contributed by atoms with Gasteiger partial charge >= 0.3 is 0 Å². The molecular formula is C29H35N3O2. The average molecular weight is 458 g/mol. The van der Waals surface area contributed by atoms with Crippen molar-refractivity contribution in [2.24, 2.45) is 11.3 Å². The number of nitrogens with zero attached hydrogens (tertiary/aromatic N) is 2. The van der Waals surface area contributed by atoms with Crippen LogP contribution >= 0.6 is 0 Å². The molecule has 3 aromatic rings. The minimum absolute atomic E-state index is 0.355. The Balaban J connectivity index is 1.25. The molecule has 1 saturated heterocycles. The van der Waals surface area contributed by atoms with Crippen LogP contribution in [-0.2, 0) is 16.6 Å². The predicted molar refractivity (Wildman–Crippen MR) is 134 cm³/mol. The first kappa shape index (κ1) is 21.7. The minimum Gasteiger partial charge on any atom is -0.497 e. The first-order chi connectivity index (χ1) is 16.6. The van der Waals surface area contributed by atoms with E-state index in [2.05, 4.69) is 45.4 Å². The standard InChI is InChI=1S/C29H35N3O2/c1-34-24-11-9-23(10-12-24)29(19-28(20-29)13-5-14-28)27(33)32-15-3-2-6-21(18-32)16-22-7-4-8-26-25(22)17-30-31-26/h4,7-12,17,21H,2-3,5-6,13-16,18-20H2,1H3,(H,30,31). The van der Waals surface area contributed by atoms with E-state index in [1.807, 2.05) is 18.3 Å². The summed E-state index contributed by atoms with van der Waals surface area (Å²) in [4.78, 5) is 16.5. The van der Waals surface area contributed by atoms with Gasteiger partial charge in [-0.05, 0) is 85.6 Å². The van der Waals surface area contributed by atoms with Crippen LogP contribution in [0.15, 0.2) is 48.7 Å². The largest absolute Gasteiger partial charge is 0.497 e. The third-order valence-electron chi connectivity index (χ3n) is 8.96. The number of benzene rings is 2. The molecule has 178 valence electrons. The van der Waals surface area contributed by atoms with E-state index in [4.69, 9.17) is 4.74 Å². The molecule has 1 aromatic heterocycles. The lowest BCUT2D eigenvalue weighted by Crippen LogP contribution is -2.61. The number of carbonyl (C=O) groups is 1. The first-order valence-electron chi connectivity index (χ1n) is 13.0. The van der Waals surface area contributed by atoms with E-state index in [9.17, 15) is 4.79 Å². The van der Waals surface area contributed by atoms with Crippen molar-refractivity contribution < 1.29 is 9.53 Å². The molecule has 3 fully saturated rings. The van der Waals surface area contributed by atoms with E-state index in [1.54, 1.807) is 7.11 Å². The highest BCUT2D eigenvalue weighted by molar-refractivity contribution is 5.90. The molecule has 1 unspecified atom stereocenters. The summed E-state index contributed by atoms with van der Waals surface area (Å²) in [7, 11) is 1.70. The second-order valence-corrected chi connectivity index (χ2v) is 11.1. The monoisotopic (exact) mass is 457 g/mol. The van der Waals surface area contributed by atoms with Gasteiger partial charge in [-0.25, -0.2) is 0 Å². The van der Waals surface area contributed by atoms with Crippen LogP contribution in [0.2, 0.25) is 0 Å². The zero-order valence-corrected chi connectivity index (χ0v) is 20.2. The maximum absolute atomic E-state index is 14.3. The Labute approximate surface area is 201 Å². The number of nitrogens with one attached hydrogen (secondary N) is 1. The van der Waals surface area contributed by atoms with Crippen molar-refractivity contribution in [2.45, 2.75) is 63.2 Å². The lowest BCUT2D eigenvalue weighted by Gasteiger charge is -2.61. The highest BCUT2D eigenvalue weighted by Crippen LogP contribution is 2.65. The fourth-order valence-electron chi connectivity index (χ4n) is 7.05. The van der Waals surface area contributed by atoms with Gasteiger partial charge in [0.2, 0.25) is 5.91 Å². The molecule has 34 heavy (non-hydrogen) atoms. The van der Waals surface area contributed by atoms with Gasteiger partial charge in [0.05, 0.1) is 24.2 Å². The molecule has 1 atom stereocenters. The quantitative estimate of drug-likeness (QED) is 0.539. The van der Waals surface area contributed by atoms with E-state index < -0.39 is 0 Å². The average Bonchev–Trinajstić information content (AvgIpc) is 3.18. The summed E-state index contributed by atoms with van der Waals surface area (Å²) in [6.45, 7) is 1.74. The van der Waals surface area contributed by atoms with Gasteiger partial charge < -0.3 is 9.64 Å². The molecular weight excluding hydrogens is 422 g/mol. The Bertz CT molecular complexity index is 1170. The molecule has 3 aliphatic rings. The number of aromatic amines is 1. The van der Waals surface area contributed by atoms with Crippen LogP contribution in [0, 0.1) is 11.3 Å². The molecule has 1 N–H and O–H groups in total. The van der Waals surface area contributed by atoms with Crippen molar-refractivity contribution in [3.05, 3.63) is 59.8 Å². The predicted octanol–water partition coefficient (Wildman–Crippen LogP) is 5.64. The number of methoxy groups -OCH3 is 1. The molecule has 6 rings (SSSR count). The molecule has 0 radical (unpaired) electrons. The van der Waals surface area contributed by atoms with Crippen molar-refractivity contribution in [3.8, 4) is 5.75 Å². The van der Waals surface area contributed by atoms with E-state index in [0.29, 0.717) is 17.2 Å². The summed E-state index contributed by atoms with van der Waals surface area (Å²) in [5.74, 6) is 1.70. The van der Waals surface area contributed by atoms with Gasteiger partial charge in [-0.2, -0.15) is 5.10 Å². The molecule has 1 amide bonds. The number of hydrogen-bond acceptors (Lipinski definition) is 3. The smallest absolute Gasteiger partial charge is 0.233 e. The minimum atomic E-state index is -0.355. The highest BCUT2D eigenvalue weighted by Gasteiger charge is 2.62. The molecule has 2 heterocycles. The van der Waals surface area contributed by atoms with Crippen molar-refractivity contribution in [3.63, 3.8) is 0 Å². The molecule has 2 saturated carbocycles. The Morgan fingerprint density at radius 1 is 1.12 bits per heavy atom. The summed E-state index contributed by atoms with van der Waals surface area (Å²) in [5.41, 5.74) is 3.68. The number of amides is 1. The lowest BCUT2D eigenvalue weighted by atomic mass is 9.43. The molecule has 0 bridgehead atoms. The molecule has 2 aliphatic carbocycles. The van der Waals surface area contributed by atoms with Crippen LogP contribution in [0.5, 0.6) is 5.75 Å². The van der Waals surface area contributed by atoms with Gasteiger partial charge in [-0.15, -0.1) is 0 Å². The van der Waals surface area contributed by atoms with E-state index >= 15 is 0 Å². The maximum Gasteiger partial charge on any atom is 0.233 e. The Morgan fingerprint density at radius 2 is 1.94 bits per heavy atom. The van der Waals surface area contributed by atoms with Crippen LogP contribution < -0.4 is 4.74 Å².